The van der Waals surface area contributed by atoms with Gasteiger partial charge < -0.3 is 0 Å². The summed E-state index contributed by atoms with van der Waals surface area (Å²) in [5, 5.41) is 17.2. The molecule has 0 radical (unpaired) electrons. The Morgan fingerprint density at radius 2 is 1.94 bits per heavy atom. The molecule has 1 saturated carbocycles. The lowest BCUT2D eigenvalue weighted by Crippen LogP contribution is -2.40. The van der Waals surface area contributed by atoms with Crippen LogP contribution >= 0.6 is 0 Å². The average Bonchev–Trinajstić information content (AvgIpc) is 3.45. The van der Waals surface area contributed by atoms with E-state index in [1.807, 2.05) is 6.07 Å². The maximum absolute atomic E-state index is 9.50. The van der Waals surface area contributed by atoms with Gasteiger partial charge in [0, 0.05) is 5.92 Å². The number of hydrogen-bond acceptors (Lipinski definition) is 3. The molecule has 1 fully saturated rings. The lowest BCUT2D eigenvalue weighted by atomic mass is 9.75. The van der Waals surface area contributed by atoms with Crippen LogP contribution in [0.15, 0.2) is 57.7 Å². The summed E-state index contributed by atoms with van der Waals surface area (Å²) in [7, 11) is 0. The number of allylic oxidation sites excluding steroid dienone is 6. The van der Waals surface area contributed by atoms with E-state index in [0.29, 0.717) is 17.9 Å². The van der Waals surface area contributed by atoms with Gasteiger partial charge in [0.1, 0.15) is 0 Å². The molecule has 168 valence electrons. The van der Waals surface area contributed by atoms with E-state index in [1.165, 1.54) is 60.1 Å². The zero-order valence-electron chi connectivity index (χ0n) is 20.4. The number of hydrazone groups is 1. The van der Waals surface area contributed by atoms with Gasteiger partial charge in [-0.05, 0) is 95.1 Å². The minimum absolute atomic E-state index is 0.436. The molecule has 0 aromatic heterocycles. The Morgan fingerprint density at radius 3 is 2.59 bits per heavy atom. The smallest absolute Gasteiger partial charge is 0.0994 e. The number of nitrogens with zero attached hydrogens (tertiary/aromatic N) is 3. The van der Waals surface area contributed by atoms with Crippen molar-refractivity contribution in [3.8, 4) is 6.07 Å². The van der Waals surface area contributed by atoms with Crippen molar-refractivity contribution in [3.05, 3.63) is 63.8 Å². The second kappa shape index (κ2) is 9.49. The Balaban J connectivity index is 1.78. The molecule has 3 nitrogen and oxygen atoms in total. The molecule has 0 N–H and O–H groups in total. The van der Waals surface area contributed by atoms with Gasteiger partial charge in [0.05, 0.1) is 29.1 Å². The first-order valence-electron chi connectivity index (χ1n) is 12.4. The van der Waals surface area contributed by atoms with E-state index < -0.39 is 0 Å². The van der Waals surface area contributed by atoms with Crippen LogP contribution in [-0.4, -0.2) is 11.8 Å². The predicted molar refractivity (Wildman–Crippen MR) is 135 cm³/mol. The van der Waals surface area contributed by atoms with Crippen LogP contribution < -0.4 is 5.01 Å². The summed E-state index contributed by atoms with van der Waals surface area (Å²) >= 11 is 0. The molecule has 4 rings (SSSR count). The molecule has 2 aliphatic carbocycles. The first-order valence-corrected chi connectivity index (χ1v) is 12.4. The average molecular weight is 428 g/mol. The number of fused-ring (bicyclic) bond motifs is 1. The summed E-state index contributed by atoms with van der Waals surface area (Å²) < 4.78 is 0. The molecule has 1 heterocycles. The summed E-state index contributed by atoms with van der Waals surface area (Å²) in [6.45, 7) is 10.9. The Bertz CT molecular complexity index is 1040. The molecule has 32 heavy (non-hydrogen) atoms. The molecule has 1 aromatic rings. The van der Waals surface area contributed by atoms with E-state index >= 15 is 0 Å². The molecule has 0 amide bonds. The number of aryl methyl sites for hydroxylation is 1. The van der Waals surface area contributed by atoms with Gasteiger partial charge in [-0.2, -0.15) is 10.4 Å². The van der Waals surface area contributed by atoms with Crippen molar-refractivity contribution in [1.29, 1.82) is 5.26 Å². The van der Waals surface area contributed by atoms with Crippen LogP contribution in [0.1, 0.15) is 84.3 Å². The highest BCUT2D eigenvalue weighted by Crippen LogP contribution is 2.45. The van der Waals surface area contributed by atoms with Crippen molar-refractivity contribution in [1.82, 2.24) is 0 Å². The van der Waals surface area contributed by atoms with Crippen LogP contribution in [0.25, 0.3) is 0 Å². The maximum Gasteiger partial charge on any atom is 0.0994 e. The lowest BCUT2D eigenvalue weighted by molar-refractivity contribution is 0.353. The second-order valence-electron chi connectivity index (χ2n) is 10.0. The molecule has 1 aromatic carbocycles. The Morgan fingerprint density at radius 1 is 1.19 bits per heavy atom. The summed E-state index contributed by atoms with van der Waals surface area (Å²) in [6, 6.07) is 9.10. The van der Waals surface area contributed by atoms with E-state index in [4.69, 9.17) is 5.10 Å². The molecular formula is C29H37N3. The van der Waals surface area contributed by atoms with Gasteiger partial charge in [0.2, 0.25) is 0 Å². The van der Waals surface area contributed by atoms with Crippen molar-refractivity contribution in [2.45, 2.75) is 85.6 Å². The molecule has 1 aliphatic heterocycles. The number of anilines is 1. The van der Waals surface area contributed by atoms with Gasteiger partial charge in [-0.15, -0.1) is 0 Å². The maximum atomic E-state index is 9.50. The fourth-order valence-electron chi connectivity index (χ4n) is 5.66. The van der Waals surface area contributed by atoms with Gasteiger partial charge >= 0.3 is 0 Å². The first-order chi connectivity index (χ1) is 15.4. The fraction of sp³-hybridized carbons (Fsp3) is 0.517. The highest BCUT2D eigenvalue weighted by atomic mass is 15.5. The Hall–Kier alpha value is -2.60. The molecule has 0 bridgehead atoms. The lowest BCUT2D eigenvalue weighted by Gasteiger charge is -2.34. The number of nitriles is 1. The molecule has 0 saturated heterocycles. The van der Waals surface area contributed by atoms with Crippen molar-refractivity contribution >= 4 is 11.4 Å². The minimum Gasteiger partial charge on any atom is -0.261 e. The molecule has 3 heteroatoms. The number of hydrogen-bond donors (Lipinski definition) is 0. The third-order valence-electron chi connectivity index (χ3n) is 7.85. The van der Waals surface area contributed by atoms with Crippen LogP contribution in [0.2, 0.25) is 0 Å². The molecule has 1 unspecified atom stereocenters. The second-order valence-corrected chi connectivity index (χ2v) is 10.0. The van der Waals surface area contributed by atoms with E-state index in [0.717, 1.165) is 29.7 Å². The van der Waals surface area contributed by atoms with Gasteiger partial charge in [-0.1, -0.05) is 48.6 Å². The van der Waals surface area contributed by atoms with Crippen molar-refractivity contribution in [2.24, 2.45) is 16.9 Å². The van der Waals surface area contributed by atoms with Crippen LogP contribution in [0.5, 0.6) is 0 Å². The van der Waals surface area contributed by atoms with Gasteiger partial charge in [-0.3, -0.25) is 5.01 Å². The largest absolute Gasteiger partial charge is 0.261 e. The first kappa shape index (κ1) is 22.6. The van der Waals surface area contributed by atoms with Crippen LogP contribution in [0.3, 0.4) is 0 Å². The summed E-state index contributed by atoms with van der Waals surface area (Å²) in [5.41, 5.74) is 9.83. The molecule has 2 atom stereocenters. The van der Waals surface area contributed by atoms with Crippen LogP contribution in [0.4, 0.5) is 5.69 Å². The van der Waals surface area contributed by atoms with Gasteiger partial charge in [0.25, 0.3) is 0 Å². The normalized spacial score (nSPS) is 23.5. The molecule has 3 aliphatic rings. The Kier molecular flexibility index (Phi) is 6.70. The zero-order valence-corrected chi connectivity index (χ0v) is 20.4. The van der Waals surface area contributed by atoms with E-state index in [2.05, 4.69) is 70.0 Å². The monoisotopic (exact) mass is 427 g/mol. The van der Waals surface area contributed by atoms with E-state index in [1.54, 1.807) is 0 Å². The standard InChI is InChI=1S/C29H37N3/c1-6-22-17-25(14-13-24(22)18-30)32-29(23-9-7-8-10-23)27-16-12-21(5)26(28(27)31-32)15-11-20(4)19(2)3/h11,13-15,17,23,27,29H,6-10,12,16H2,1-5H3/b15-11-/t27-,29?/m0/s1. The highest BCUT2D eigenvalue weighted by Gasteiger charge is 2.45. The summed E-state index contributed by atoms with van der Waals surface area (Å²) in [5.74, 6) is 1.19. The SMILES string of the molecule is CCc1cc(N2N=C3C(/C=C\C(C)=C(C)C)=C(C)CC[C@@H]3C2C2CCCC2)ccc1C#N. The highest BCUT2D eigenvalue weighted by molar-refractivity contribution is 6.08. The molecular weight excluding hydrogens is 390 g/mol. The third kappa shape index (κ3) is 4.20. The number of benzene rings is 1. The fourth-order valence-corrected chi connectivity index (χ4v) is 5.66. The van der Waals surface area contributed by atoms with Crippen molar-refractivity contribution < 1.29 is 0 Å². The van der Waals surface area contributed by atoms with Crippen LogP contribution in [-0.2, 0) is 6.42 Å². The van der Waals surface area contributed by atoms with E-state index in [-0.39, 0.29) is 0 Å². The van der Waals surface area contributed by atoms with Crippen molar-refractivity contribution in [3.63, 3.8) is 0 Å². The van der Waals surface area contributed by atoms with Gasteiger partial charge in [-0.25, -0.2) is 0 Å². The third-order valence-corrected chi connectivity index (χ3v) is 7.85. The number of rotatable bonds is 5. The quantitative estimate of drug-likeness (QED) is 0.456. The van der Waals surface area contributed by atoms with Crippen molar-refractivity contribution in [2.75, 3.05) is 5.01 Å². The zero-order chi connectivity index (χ0) is 22.8. The summed E-state index contributed by atoms with van der Waals surface area (Å²) in [4.78, 5) is 0. The van der Waals surface area contributed by atoms with Gasteiger partial charge in [0.15, 0.2) is 0 Å². The topological polar surface area (TPSA) is 39.4 Å². The Labute approximate surface area is 194 Å². The minimum atomic E-state index is 0.436. The van der Waals surface area contributed by atoms with Crippen LogP contribution in [0, 0.1) is 23.2 Å². The predicted octanol–water partition coefficient (Wildman–Crippen LogP) is 7.49. The van der Waals surface area contributed by atoms with E-state index in [9.17, 15) is 5.26 Å². The summed E-state index contributed by atoms with van der Waals surface area (Å²) in [6.07, 6.45) is 13.1. The molecule has 0 spiro atoms.